The van der Waals surface area contributed by atoms with Crippen LogP contribution in [-0.4, -0.2) is 18.7 Å². The van der Waals surface area contributed by atoms with E-state index >= 15 is 0 Å². The van der Waals surface area contributed by atoms with Crippen molar-refractivity contribution in [3.63, 3.8) is 0 Å². The number of aryl methyl sites for hydroxylation is 1. The lowest BCUT2D eigenvalue weighted by molar-refractivity contribution is 0.0925. The summed E-state index contributed by atoms with van der Waals surface area (Å²) in [6.45, 7) is 1.97. The molecule has 18 heavy (non-hydrogen) atoms. The Morgan fingerprint density at radius 1 is 1.22 bits per heavy atom. The Balaban J connectivity index is 1.94. The fourth-order valence-electron chi connectivity index (χ4n) is 1.45. The molecule has 0 saturated carbocycles. The molecule has 0 unspecified atom stereocenters. The standard InChI is InChI=1S/C14H12O3S/c1-10-2-7-14(18-10)13(16)9-17-12-5-3-11(8-15)4-6-12/h2-8H,9H2,1H3. The summed E-state index contributed by atoms with van der Waals surface area (Å²) in [6.07, 6.45) is 0.767. The fraction of sp³-hybridized carbons (Fsp3) is 0.143. The van der Waals surface area contributed by atoms with Crippen molar-refractivity contribution in [1.29, 1.82) is 0 Å². The van der Waals surface area contributed by atoms with Crippen LogP contribution in [0.3, 0.4) is 0 Å². The van der Waals surface area contributed by atoms with E-state index in [9.17, 15) is 9.59 Å². The van der Waals surface area contributed by atoms with E-state index in [1.807, 2.05) is 13.0 Å². The van der Waals surface area contributed by atoms with Gasteiger partial charge in [0.15, 0.2) is 6.61 Å². The molecule has 0 atom stereocenters. The number of ketones is 1. The molecule has 0 aliphatic rings. The molecule has 0 fully saturated rings. The van der Waals surface area contributed by atoms with Gasteiger partial charge in [0.25, 0.3) is 0 Å². The van der Waals surface area contributed by atoms with E-state index in [0.717, 1.165) is 11.2 Å². The van der Waals surface area contributed by atoms with Crippen LogP contribution in [0, 0.1) is 6.92 Å². The number of rotatable bonds is 5. The van der Waals surface area contributed by atoms with Crippen LogP contribution >= 0.6 is 11.3 Å². The molecule has 0 aliphatic heterocycles. The molecule has 92 valence electrons. The summed E-state index contributed by atoms with van der Waals surface area (Å²) in [6, 6.07) is 10.4. The van der Waals surface area contributed by atoms with Gasteiger partial charge in [-0.2, -0.15) is 0 Å². The summed E-state index contributed by atoms with van der Waals surface area (Å²) >= 11 is 1.46. The third-order valence-corrected chi connectivity index (χ3v) is 3.44. The summed E-state index contributed by atoms with van der Waals surface area (Å²) < 4.78 is 5.37. The van der Waals surface area contributed by atoms with Crippen LogP contribution in [-0.2, 0) is 0 Å². The van der Waals surface area contributed by atoms with Crippen LogP contribution in [0.15, 0.2) is 36.4 Å². The first-order chi connectivity index (χ1) is 8.69. The highest BCUT2D eigenvalue weighted by Crippen LogP contribution is 2.17. The van der Waals surface area contributed by atoms with Crippen molar-refractivity contribution in [1.82, 2.24) is 0 Å². The molecule has 0 saturated heterocycles. The minimum Gasteiger partial charge on any atom is -0.485 e. The van der Waals surface area contributed by atoms with Gasteiger partial charge >= 0.3 is 0 Å². The van der Waals surface area contributed by atoms with Crippen LogP contribution in [0.5, 0.6) is 5.75 Å². The SMILES string of the molecule is Cc1ccc(C(=O)COc2ccc(C=O)cc2)s1. The molecule has 2 aromatic rings. The van der Waals surface area contributed by atoms with Gasteiger partial charge in [0.2, 0.25) is 5.78 Å². The molecule has 0 radical (unpaired) electrons. The lowest BCUT2D eigenvalue weighted by atomic mass is 10.2. The maximum atomic E-state index is 11.8. The summed E-state index contributed by atoms with van der Waals surface area (Å²) in [5.74, 6) is 0.551. The number of thiophene rings is 1. The lowest BCUT2D eigenvalue weighted by Gasteiger charge is -2.04. The Morgan fingerprint density at radius 3 is 2.50 bits per heavy atom. The Hall–Kier alpha value is -1.94. The first-order valence-corrected chi connectivity index (χ1v) is 6.28. The molecule has 2 rings (SSSR count). The quantitative estimate of drug-likeness (QED) is 0.612. The lowest BCUT2D eigenvalue weighted by Crippen LogP contribution is -2.09. The largest absolute Gasteiger partial charge is 0.485 e. The first kappa shape index (κ1) is 12.5. The molecule has 3 nitrogen and oxygen atoms in total. The second-order valence-corrected chi connectivity index (χ2v) is 5.10. The predicted octanol–water partition coefficient (Wildman–Crippen LogP) is 3.13. The number of hydrogen-bond donors (Lipinski definition) is 0. The number of ether oxygens (including phenoxy) is 1. The van der Waals surface area contributed by atoms with E-state index in [4.69, 9.17) is 4.74 Å². The summed E-state index contributed by atoms with van der Waals surface area (Å²) in [5, 5.41) is 0. The van der Waals surface area contributed by atoms with Crippen molar-refractivity contribution in [3.8, 4) is 5.75 Å². The molecule has 0 N–H and O–H groups in total. The number of Topliss-reactive ketones (excluding diaryl/α,β-unsaturated/α-hetero) is 1. The number of benzene rings is 1. The van der Waals surface area contributed by atoms with E-state index in [1.54, 1.807) is 30.3 Å². The molecule has 0 aliphatic carbocycles. The van der Waals surface area contributed by atoms with Crippen LogP contribution in [0.2, 0.25) is 0 Å². The Labute approximate surface area is 109 Å². The van der Waals surface area contributed by atoms with Crippen molar-refractivity contribution in [2.45, 2.75) is 6.92 Å². The minimum atomic E-state index is -0.0347. The third kappa shape index (κ3) is 3.05. The van der Waals surface area contributed by atoms with Gasteiger partial charge in [-0.3, -0.25) is 9.59 Å². The van der Waals surface area contributed by atoms with Gasteiger partial charge in [0.1, 0.15) is 12.0 Å². The zero-order chi connectivity index (χ0) is 13.0. The topological polar surface area (TPSA) is 43.4 Å². The Kier molecular flexibility index (Phi) is 3.89. The van der Waals surface area contributed by atoms with Crippen molar-refractivity contribution >= 4 is 23.4 Å². The average molecular weight is 260 g/mol. The third-order valence-electron chi connectivity index (χ3n) is 2.40. The molecule has 1 aromatic carbocycles. The molecule has 0 amide bonds. The zero-order valence-electron chi connectivity index (χ0n) is 9.88. The predicted molar refractivity (Wildman–Crippen MR) is 70.7 cm³/mol. The Bertz CT molecular complexity index is 555. The first-order valence-electron chi connectivity index (χ1n) is 5.47. The molecule has 1 aromatic heterocycles. The molecule has 1 heterocycles. The maximum absolute atomic E-state index is 11.8. The van der Waals surface area contributed by atoms with Gasteiger partial charge in [-0.25, -0.2) is 0 Å². The smallest absolute Gasteiger partial charge is 0.210 e. The number of carbonyl (C=O) groups is 2. The van der Waals surface area contributed by atoms with Gasteiger partial charge < -0.3 is 4.74 Å². The van der Waals surface area contributed by atoms with Crippen LogP contribution in [0.1, 0.15) is 24.9 Å². The number of hydrogen-bond acceptors (Lipinski definition) is 4. The monoisotopic (exact) mass is 260 g/mol. The molecular formula is C14H12O3S. The van der Waals surface area contributed by atoms with E-state index in [0.29, 0.717) is 16.2 Å². The normalized spacial score (nSPS) is 10.1. The summed E-state index contributed by atoms with van der Waals surface area (Å²) in [4.78, 5) is 24.1. The highest BCUT2D eigenvalue weighted by molar-refractivity contribution is 7.14. The van der Waals surface area contributed by atoms with Gasteiger partial charge in [-0.1, -0.05) is 0 Å². The second-order valence-electron chi connectivity index (χ2n) is 3.81. The second kappa shape index (κ2) is 5.60. The van der Waals surface area contributed by atoms with Crippen molar-refractivity contribution < 1.29 is 14.3 Å². The van der Waals surface area contributed by atoms with Crippen molar-refractivity contribution in [3.05, 3.63) is 51.7 Å². The molecule has 0 bridgehead atoms. The highest BCUT2D eigenvalue weighted by atomic mass is 32.1. The minimum absolute atomic E-state index is 0.0143. The summed E-state index contributed by atoms with van der Waals surface area (Å²) in [5.41, 5.74) is 0.586. The summed E-state index contributed by atoms with van der Waals surface area (Å²) in [7, 11) is 0. The molecular weight excluding hydrogens is 248 g/mol. The van der Waals surface area contributed by atoms with E-state index in [2.05, 4.69) is 0 Å². The van der Waals surface area contributed by atoms with Gasteiger partial charge in [0, 0.05) is 10.4 Å². The number of carbonyl (C=O) groups excluding carboxylic acids is 2. The number of aldehydes is 1. The molecule has 4 heteroatoms. The van der Waals surface area contributed by atoms with Gasteiger partial charge in [-0.05, 0) is 43.3 Å². The maximum Gasteiger partial charge on any atom is 0.210 e. The van der Waals surface area contributed by atoms with Gasteiger partial charge in [-0.15, -0.1) is 11.3 Å². The molecule has 0 spiro atoms. The van der Waals surface area contributed by atoms with E-state index < -0.39 is 0 Å². The van der Waals surface area contributed by atoms with E-state index in [1.165, 1.54) is 11.3 Å². The van der Waals surface area contributed by atoms with Crippen LogP contribution < -0.4 is 4.74 Å². The van der Waals surface area contributed by atoms with Crippen LogP contribution in [0.4, 0.5) is 0 Å². The average Bonchev–Trinajstić information content (AvgIpc) is 2.83. The highest BCUT2D eigenvalue weighted by Gasteiger charge is 2.08. The fourth-order valence-corrected chi connectivity index (χ4v) is 2.24. The van der Waals surface area contributed by atoms with Gasteiger partial charge in [0.05, 0.1) is 4.88 Å². The Morgan fingerprint density at radius 2 is 1.94 bits per heavy atom. The zero-order valence-corrected chi connectivity index (χ0v) is 10.7. The van der Waals surface area contributed by atoms with Crippen LogP contribution in [0.25, 0.3) is 0 Å². The van der Waals surface area contributed by atoms with Crippen molar-refractivity contribution in [2.24, 2.45) is 0 Å². The van der Waals surface area contributed by atoms with Crippen molar-refractivity contribution in [2.75, 3.05) is 6.61 Å². The van der Waals surface area contributed by atoms with E-state index in [-0.39, 0.29) is 12.4 Å².